The molecule has 0 aliphatic rings. The normalized spacial score (nSPS) is 17.5. The molecule has 18 heteroatoms. The molecule has 0 saturated heterocycles. The van der Waals surface area contributed by atoms with Crippen molar-refractivity contribution in [3.05, 3.63) is 35.4 Å². The molecule has 0 spiro atoms. The van der Waals surface area contributed by atoms with Crippen molar-refractivity contribution in [3.63, 3.8) is 0 Å². The van der Waals surface area contributed by atoms with E-state index >= 15 is 0 Å². The molecule has 1 aromatic rings. The number of aliphatic hydroxyl groups excluding tert-OH is 1. The fourth-order valence-electron chi connectivity index (χ4n) is 2.47. The molecule has 1 nitrogen and oxygen atoms in total. The van der Waals surface area contributed by atoms with Gasteiger partial charge in [0.25, 0.3) is 6.43 Å². The molecular weight excluding hydrogens is 543 g/mol. The van der Waals surface area contributed by atoms with Gasteiger partial charge in [0, 0.05) is 0 Å². The summed E-state index contributed by atoms with van der Waals surface area (Å²) < 4.78 is 228. The lowest BCUT2D eigenvalue weighted by atomic mass is 9.87. The van der Waals surface area contributed by atoms with Gasteiger partial charge in [-0.05, 0) is 11.1 Å². The molecule has 0 fully saturated rings. The van der Waals surface area contributed by atoms with E-state index in [1.165, 1.54) is 0 Å². The molecule has 3 atom stereocenters. The molecule has 204 valence electrons. The van der Waals surface area contributed by atoms with Crippen LogP contribution in [0, 0.1) is 0 Å². The minimum absolute atomic E-state index is 0.165. The third kappa shape index (κ3) is 4.61. The van der Waals surface area contributed by atoms with E-state index in [-0.39, 0.29) is 17.7 Å². The topological polar surface area (TPSA) is 20.2 Å². The van der Waals surface area contributed by atoms with Gasteiger partial charge in [0.2, 0.25) is 6.17 Å². The Morgan fingerprint density at radius 2 is 0.943 bits per heavy atom. The van der Waals surface area contributed by atoms with Gasteiger partial charge in [-0.2, -0.15) is 52.7 Å². The van der Waals surface area contributed by atoms with Gasteiger partial charge in [-0.1, -0.05) is 24.3 Å². The Morgan fingerprint density at radius 3 is 1.29 bits per heavy atom. The predicted octanol–water partition coefficient (Wildman–Crippen LogP) is 6.94. The molecule has 1 N–H and O–H groups in total. The lowest BCUT2D eigenvalue weighted by Gasteiger charge is -2.42. The van der Waals surface area contributed by atoms with Crippen LogP contribution in [-0.4, -0.2) is 59.4 Å². The monoisotopic (exact) mass is 554 g/mol. The first-order valence-electron chi connectivity index (χ1n) is 8.63. The average Bonchev–Trinajstić information content (AvgIpc) is 2.76. The van der Waals surface area contributed by atoms with Crippen LogP contribution in [0.4, 0.5) is 74.6 Å². The number of hydrogen-bond acceptors (Lipinski definition) is 1. The fourth-order valence-corrected chi connectivity index (χ4v) is 2.47. The summed E-state index contributed by atoms with van der Waals surface area (Å²) in [6, 6.07) is 1.46. The Labute approximate surface area is 183 Å². The minimum Gasteiger partial charge on any atom is -0.392 e. The number of rotatable bonds is 11. The van der Waals surface area contributed by atoms with Crippen molar-refractivity contribution in [2.75, 3.05) is 0 Å². The second-order valence-corrected chi connectivity index (χ2v) is 6.99. The third-order valence-electron chi connectivity index (χ3n) is 4.66. The quantitative estimate of drug-likeness (QED) is 0.294. The van der Waals surface area contributed by atoms with Crippen molar-refractivity contribution in [1.29, 1.82) is 0 Å². The Kier molecular flexibility index (Phi) is 8.38. The number of halogens is 17. The second-order valence-electron chi connectivity index (χ2n) is 6.99. The summed E-state index contributed by atoms with van der Waals surface area (Å²) in [7, 11) is 0. The van der Waals surface area contributed by atoms with Crippen LogP contribution in [0.5, 0.6) is 0 Å². The molecule has 0 aromatic heterocycles. The van der Waals surface area contributed by atoms with E-state index < -0.39 is 72.6 Å². The zero-order valence-corrected chi connectivity index (χ0v) is 16.2. The van der Waals surface area contributed by atoms with E-state index in [4.69, 9.17) is 5.11 Å². The molecule has 0 amide bonds. The molecule has 3 unspecified atom stereocenters. The van der Waals surface area contributed by atoms with Crippen LogP contribution in [0.3, 0.4) is 0 Å². The first kappa shape index (κ1) is 31.0. The van der Waals surface area contributed by atoms with Gasteiger partial charge in [-0.25, -0.2) is 22.0 Å². The van der Waals surface area contributed by atoms with Gasteiger partial charge in [-0.3, -0.25) is 0 Å². The Balaban J connectivity index is 3.55. The van der Waals surface area contributed by atoms with Crippen LogP contribution in [0.1, 0.15) is 17.3 Å². The number of aliphatic hydroxyl groups is 1. The molecular formula is C17H11F17O. The van der Waals surface area contributed by atoms with Gasteiger partial charge in [0.05, 0.1) is 6.61 Å². The van der Waals surface area contributed by atoms with Gasteiger partial charge in [0.1, 0.15) is 0 Å². The summed E-state index contributed by atoms with van der Waals surface area (Å²) in [5.41, 5.74) is -1.84. The number of alkyl halides is 17. The zero-order chi connectivity index (χ0) is 28.0. The molecule has 0 aliphatic carbocycles. The van der Waals surface area contributed by atoms with E-state index in [1.54, 1.807) is 0 Å². The third-order valence-corrected chi connectivity index (χ3v) is 4.66. The van der Waals surface area contributed by atoms with Crippen molar-refractivity contribution in [2.45, 2.75) is 67.1 Å². The van der Waals surface area contributed by atoms with Crippen LogP contribution >= 0.6 is 0 Å². The summed E-state index contributed by atoms with van der Waals surface area (Å²) >= 11 is 0. The number of benzene rings is 1. The second kappa shape index (κ2) is 9.46. The van der Waals surface area contributed by atoms with Crippen molar-refractivity contribution >= 4 is 0 Å². The van der Waals surface area contributed by atoms with E-state index in [2.05, 4.69) is 0 Å². The highest BCUT2D eigenvalue weighted by atomic mass is 19.4. The maximum atomic E-state index is 14.0. The summed E-state index contributed by atoms with van der Waals surface area (Å²) in [5.74, 6) is -47.5. The molecule has 0 bridgehead atoms. The van der Waals surface area contributed by atoms with Gasteiger partial charge in [0.15, 0.2) is 12.3 Å². The summed E-state index contributed by atoms with van der Waals surface area (Å²) in [6.07, 6.45) is -20.3. The molecule has 0 aliphatic heterocycles. The maximum absolute atomic E-state index is 14.0. The largest absolute Gasteiger partial charge is 0.392 e. The van der Waals surface area contributed by atoms with E-state index in [0.717, 1.165) is 0 Å². The zero-order valence-electron chi connectivity index (χ0n) is 16.2. The summed E-state index contributed by atoms with van der Waals surface area (Å²) in [5, 5.41) is 8.73. The first-order chi connectivity index (χ1) is 15.5. The van der Waals surface area contributed by atoms with E-state index in [9.17, 15) is 74.6 Å². The lowest BCUT2D eigenvalue weighted by molar-refractivity contribution is -0.434. The molecule has 35 heavy (non-hydrogen) atoms. The first-order valence-corrected chi connectivity index (χ1v) is 8.63. The van der Waals surface area contributed by atoms with Crippen LogP contribution < -0.4 is 0 Å². The van der Waals surface area contributed by atoms with Crippen LogP contribution in [-0.2, 0) is 6.61 Å². The van der Waals surface area contributed by atoms with Gasteiger partial charge >= 0.3 is 35.5 Å². The lowest BCUT2D eigenvalue weighted by Crippen LogP contribution is -2.72. The van der Waals surface area contributed by atoms with Crippen molar-refractivity contribution in [1.82, 2.24) is 0 Å². The predicted molar refractivity (Wildman–Crippen MR) is 81.7 cm³/mol. The van der Waals surface area contributed by atoms with E-state index in [1.807, 2.05) is 0 Å². The van der Waals surface area contributed by atoms with Crippen LogP contribution in [0.2, 0.25) is 0 Å². The standard InChI is InChI=1S/C17H11F17O/c18-8(11(21)22)10(20)13(25,26)15(29,30)17(33,34)16(31,32)14(27,28)12(23,24)9(19)7-3-1-6(5-35)2-4-7/h1-4,8-11,35H,5H2. The highest BCUT2D eigenvalue weighted by Crippen LogP contribution is 2.62. The summed E-state index contributed by atoms with van der Waals surface area (Å²) in [4.78, 5) is 0. The minimum atomic E-state index is -8.40. The Hall–Kier alpha value is -2.01. The average molecular weight is 554 g/mol. The highest BCUT2D eigenvalue weighted by molar-refractivity contribution is 5.27. The molecule has 0 heterocycles. The molecule has 0 radical (unpaired) electrons. The number of hydrogen-bond donors (Lipinski definition) is 1. The Bertz CT molecular complexity index is 851. The molecule has 0 saturated carbocycles. The van der Waals surface area contributed by atoms with Crippen molar-refractivity contribution < 1.29 is 79.7 Å². The maximum Gasteiger partial charge on any atom is 0.384 e. The summed E-state index contributed by atoms with van der Waals surface area (Å²) in [6.45, 7) is -0.835. The van der Waals surface area contributed by atoms with Gasteiger partial charge in [-0.15, -0.1) is 0 Å². The van der Waals surface area contributed by atoms with Gasteiger partial charge < -0.3 is 5.11 Å². The van der Waals surface area contributed by atoms with Crippen molar-refractivity contribution in [3.8, 4) is 0 Å². The van der Waals surface area contributed by atoms with Crippen LogP contribution in [0.15, 0.2) is 24.3 Å². The van der Waals surface area contributed by atoms with Crippen LogP contribution in [0.25, 0.3) is 0 Å². The Morgan fingerprint density at radius 1 is 0.571 bits per heavy atom. The molecule has 1 rings (SSSR count). The SMILES string of the molecule is OCc1ccc(C(F)C(F)(F)C(F)(F)C(F)(F)C(F)(F)C(F)(F)C(F)(F)C(F)C(F)C(F)F)cc1. The van der Waals surface area contributed by atoms with E-state index in [0.29, 0.717) is 12.1 Å². The fraction of sp³-hybridized carbons (Fsp3) is 0.647. The highest BCUT2D eigenvalue weighted by Gasteiger charge is 2.92. The smallest absolute Gasteiger partial charge is 0.384 e. The molecule has 1 aromatic carbocycles. The van der Waals surface area contributed by atoms with Crippen molar-refractivity contribution in [2.24, 2.45) is 0 Å².